The van der Waals surface area contributed by atoms with Crippen LogP contribution in [0.4, 0.5) is 0 Å². The van der Waals surface area contributed by atoms with Gasteiger partial charge < -0.3 is 46.9 Å². The van der Waals surface area contributed by atoms with Gasteiger partial charge in [-0.05, 0) is 64.2 Å². The minimum Gasteiger partial charge on any atom is -0.461 e. The van der Waals surface area contributed by atoms with Crippen molar-refractivity contribution in [1.82, 2.24) is 9.80 Å². The highest BCUT2D eigenvalue weighted by Gasteiger charge is 2.39. The topological polar surface area (TPSA) is 189 Å². The quantitative estimate of drug-likeness (QED) is 0.0307. The fraction of sp³-hybridized carbons (Fsp3) is 0.684. The minimum absolute atomic E-state index is 0.0949. The molecule has 2 unspecified atom stereocenters. The van der Waals surface area contributed by atoms with Gasteiger partial charge in [0.15, 0.2) is 16.6 Å². The van der Waals surface area contributed by atoms with E-state index >= 15 is 0 Å². The second-order valence-electron chi connectivity index (χ2n) is 14.9. The van der Waals surface area contributed by atoms with E-state index in [1.54, 1.807) is 0 Å². The van der Waals surface area contributed by atoms with E-state index in [1.807, 2.05) is 9.80 Å². The molecule has 0 aromatic heterocycles. The van der Waals surface area contributed by atoms with Gasteiger partial charge in [0.05, 0.1) is 25.4 Å². The van der Waals surface area contributed by atoms with Crippen LogP contribution in [0.5, 0.6) is 0 Å². The summed E-state index contributed by atoms with van der Waals surface area (Å²) < 4.78 is 45.2. The molecular weight excluding hydrogens is 793 g/mol. The Bertz CT molecular complexity index is 1100. The second kappa shape index (κ2) is 30.2. The van der Waals surface area contributed by atoms with Crippen LogP contribution in [0, 0.1) is 0 Å². The number of hydrogen-bond donors (Lipinski definition) is 2. The van der Waals surface area contributed by atoms with Gasteiger partial charge in [-0.25, -0.2) is 19.2 Å². The van der Waals surface area contributed by atoms with Crippen LogP contribution < -0.4 is 0 Å². The zero-order valence-electron chi connectivity index (χ0n) is 35.2. The molecule has 0 bridgehead atoms. The number of nitrogens with zero attached hydrogens (tertiary/aromatic N) is 2. The molecule has 0 aromatic carbocycles. The average molecular weight is 863 g/mol. The first-order chi connectivity index (χ1) is 26.8. The molecule has 0 aliphatic heterocycles. The van der Waals surface area contributed by atoms with E-state index in [2.05, 4.69) is 65.6 Å². The molecule has 2 atom stereocenters. The zero-order chi connectivity index (χ0) is 43.3. The Kier molecular flexibility index (Phi) is 28.7. The molecule has 328 valence electrons. The highest BCUT2D eigenvalue weighted by molar-refractivity contribution is 6.87. The van der Waals surface area contributed by atoms with Crippen molar-refractivity contribution in [1.29, 1.82) is 0 Å². The Balaban J connectivity index is 4.65. The smallest absolute Gasteiger partial charge is 0.330 e. The van der Waals surface area contributed by atoms with Crippen LogP contribution in [0.3, 0.4) is 0 Å². The van der Waals surface area contributed by atoms with Crippen LogP contribution >= 0.6 is 0 Å². The summed E-state index contributed by atoms with van der Waals surface area (Å²) in [7, 11) is -6.67. The van der Waals surface area contributed by atoms with Gasteiger partial charge in [-0.1, -0.05) is 26.3 Å². The molecule has 0 amide bonds. The Morgan fingerprint density at radius 2 is 0.807 bits per heavy atom. The lowest BCUT2D eigenvalue weighted by Crippen LogP contribution is -2.52. The summed E-state index contributed by atoms with van der Waals surface area (Å²) in [5.74, 6) is -2.16. The maximum atomic E-state index is 11.4. The maximum absolute atomic E-state index is 11.4. The Morgan fingerprint density at radius 1 is 0.526 bits per heavy atom. The van der Waals surface area contributed by atoms with E-state index in [9.17, 15) is 29.4 Å². The summed E-state index contributed by atoms with van der Waals surface area (Å²) in [5.41, 5.74) is 0. The van der Waals surface area contributed by atoms with Gasteiger partial charge in [0.2, 0.25) is 0 Å². The lowest BCUT2D eigenvalue weighted by atomic mass is 10.3. The van der Waals surface area contributed by atoms with Crippen LogP contribution in [0.25, 0.3) is 0 Å². The van der Waals surface area contributed by atoms with Gasteiger partial charge in [-0.2, -0.15) is 0 Å². The fourth-order valence-electron chi connectivity index (χ4n) is 5.72. The number of aliphatic hydroxyl groups is 2. The first-order valence-corrected chi connectivity index (χ1v) is 28.3. The van der Waals surface area contributed by atoms with Gasteiger partial charge in [-0.15, -0.1) is 0 Å². The molecule has 0 fully saturated rings. The first kappa shape index (κ1) is 54.2. The minimum atomic E-state index is -2.46. The summed E-state index contributed by atoms with van der Waals surface area (Å²) >= 11 is 0. The zero-order valence-corrected chi connectivity index (χ0v) is 38.2. The molecule has 0 aliphatic rings. The van der Waals surface area contributed by atoms with E-state index in [0.717, 1.165) is 49.2 Å². The third-order valence-electron chi connectivity index (χ3n) is 8.01. The maximum Gasteiger partial charge on any atom is 0.330 e. The first-order valence-electron chi connectivity index (χ1n) is 19.3. The van der Waals surface area contributed by atoms with Gasteiger partial charge in [0.1, 0.15) is 26.4 Å². The standard InChI is InChI=1S/C38H70N2O14Si3/c1-11-35(43)49-23-17-39(18-24-50-36(44)12-2)29-33(41)31-47-21-15-27-55(5,6)53-57(9,10)54-56(7,8)28-16-22-48-32-34(42)30-40(19-25-51-37(45)13-3)20-26-52-38(46)14-4/h11-14,33-34,41-42H,1-4,15-32H2,5-10H3. The molecule has 0 saturated carbocycles. The van der Waals surface area contributed by atoms with E-state index in [4.69, 9.17) is 36.7 Å². The van der Waals surface area contributed by atoms with Crippen molar-refractivity contribution in [2.75, 3.05) is 92.1 Å². The molecule has 0 aliphatic carbocycles. The number of esters is 4. The second-order valence-corrected chi connectivity index (χ2v) is 27.3. The fourth-order valence-corrected chi connectivity index (χ4v) is 19.7. The summed E-state index contributed by atoms with van der Waals surface area (Å²) in [6.45, 7) is 29.7. The van der Waals surface area contributed by atoms with Crippen molar-refractivity contribution < 1.29 is 66.0 Å². The Labute approximate surface area is 343 Å². The molecule has 57 heavy (non-hydrogen) atoms. The van der Waals surface area contributed by atoms with Crippen LogP contribution in [0.15, 0.2) is 50.6 Å². The van der Waals surface area contributed by atoms with Crippen LogP contribution in [0.1, 0.15) is 12.8 Å². The molecule has 19 heteroatoms. The molecule has 2 N–H and O–H groups in total. The predicted octanol–water partition coefficient (Wildman–Crippen LogP) is 3.19. The SMILES string of the molecule is C=CC(=O)OCCN(CCOC(=O)C=C)CC(O)COCCC[Si](C)(C)O[Si](C)(C)O[Si](C)(C)CCCOCC(O)CN(CCOC(=O)C=C)CCOC(=O)C=C. The summed E-state index contributed by atoms with van der Waals surface area (Å²) in [6.07, 6.45) is 4.24. The molecular formula is C38H70N2O14Si3. The summed E-state index contributed by atoms with van der Waals surface area (Å²) in [4.78, 5) is 49.2. The predicted molar refractivity (Wildman–Crippen MR) is 225 cm³/mol. The lowest BCUT2D eigenvalue weighted by Gasteiger charge is -2.38. The third-order valence-corrected chi connectivity index (χ3v) is 19.5. The van der Waals surface area contributed by atoms with Crippen molar-refractivity contribution in [3.63, 3.8) is 0 Å². The van der Waals surface area contributed by atoms with Gasteiger partial charge >= 0.3 is 32.4 Å². The molecule has 0 radical (unpaired) electrons. The lowest BCUT2D eigenvalue weighted by molar-refractivity contribution is -0.140. The Hall–Kier alpha value is -2.83. The van der Waals surface area contributed by atoms with Gasteiger partial charge in [0.25, 0.3) is 0 Å². The van der Waals surface area contributed by atoms with E-state index < -0.39 is 61.3 Å². The van der Waals surface area contributed by atoms with Gasteiger partial charge in [-0.3, -0.25) is 9.80 Å². The highest BCUT2D eigenvalue weighted by Crippen LogP contribution is 2.26. The van der Waals surface area contributed by atoms with Crippen molar-refractivity contribution in [2.24, 2.45) is 0 Å². The van der Waals surface area contributed by atoms with Gasteiger partial charge in [0, 0.05) is 76.8 Å². The molecule has 0 saturated heterocycles. The van der Waals surface area contributed by atoms with Crippen molar-refractivity contribution in [3.8, 4) is 0 Å². The number of aliphatic hydroxyl groups excluding tert-OH is 2. The number of hydrogen-bond acceptors (Lipinski definition) is 16. The highest BCUT2D eigenvalue weighted by atomic mass is 28.5. The van der Waals surface area contributed by atoms with E-state index in [0.29, 0.717) is 39.4 Å². The Morgan fingerprint density at radius 3 is 1.07 bits per heavy atom. The van der Waals surface area contributed by atoms with E-state index in [-0.39, 0.29) is 52.7 Å². The molecule has 0 rings (SSSR count). The van der Waals surface area contributed by atoms with E-state index in [1.165, 1.54) is 0 Å². The monoisotopic (exact) mass is 862 g/mol. The number of ether oxygens (including phenoxy) is 6. The summed E-state index contributed by atoms with van der Waals surface area (Å²) in [5, 5.41) is 21.2. The number of carbonyl (C=O) groups is 4. The molecule has 16 nitrogen and oxygen atoms in total. The largest absolute Gasteiger partial charge is 0.461 e. The summed E-state index contributed by atoms with van der Waals surface area (Å²) in [6, 6.07) is 1.71. The van der Waals surface area contributed by atoms with Crippen molar-refractivity contribution >= 4 is 49.1 Å². The normalized spacial score (nSPS) is 13.1. The number of rotatable bonds is 36. The number of carbonyl (C=O) groups excluding carboxylic acids is 4. The van der Waals surface area contributed by atoms with Crippen molar-refractivity contribution in [2.45, 2.75) is 76.4 Å². The molecule has 0 aromatic rings. The van der Waals surface area contributed by atoms with Crippen LogP contribution in [-0.2, 0) is 55.8 Å². The average Bonchev–Trinajstić information content (AvgIpc) is 3.12. The van der Waals surface area contributed by atoms with Crippen LogP contribution in [0.2, 0.25) is 51.4 Å². The molecule has 0 heterocycles. The van der Waals surface area contributed by atoms with Crippen molar-refractivity contribution in [3.05, 3.63) is 50.6 Å². The van der Waals surface area contributed by atoms with Crippen LogP contribution in [-0.4, -0.2) is 173 Å². The third kappa shape index (κ3) is 30.9. The molecule has 0 spiro atoms.